The van der Waals surface area contributed by atoms with Crippen molar-refractivity contribution in [1.29, 1.82) is 0 Å². The summed E-state index contributed by atoms with van der Waals surface area (Å²) < 4.78 is 11.7. The highest BCUT2D eigenvalue weighted by Crippen LogP contribution is 2.43. The van der Waals surface area contributed by atoms with Gasteiger partial charge in [0.15, 0.2) is 0 Å². The molecule has 0 bridgehead atoms. The van der Waals surface area contributed by atoms with Gasteiger partial charge in [-0.25, -0.2) is 0 Å². The van der Waals surface area contributed by atoms with Crippen LogP contribution in [0.5, 0.6) is 0 Å². The minimum atomic E-state index is -1.99. The lowest BCUT2D eigenvalue weighted by Gasteiger charge is -2.44. The van der Waals surface area contributed by atoms with Gasteiger partial charge in [-0.1, -0.05) is 73.5 Å². The number of rotatable bonds is 12. The summed E-state index contributed by atoms with van der Waals surface area (Å²) in [6.45, 7) is 15.9. The maximum absolute atomic E-state index is 11.8. The summed E-state index contributed by atoms with van der Waals surface area (Å²) in [6.07, 6.45) is 8.98. The number of carbonyl (C=O) groups is 1. The van der Waals surface area contributed by atoms with Crippen molar-refractivity contribution >= 4 is 14.3 Å². The number of ether oxygens (including phenoxy) is 1. The summed E-state index contributed by atoms with van der Waals surface area (Å²) >= 11 is 0. The van der Waals surface area contributed by atoms with E-state index in [0.717, 1.165) is 12.8 Å². The molecule has 0 rings (SSSR count). The molecule has 0 fully saturated rings. The number of hydrogen-bond donors (Lipinski definition) is 0. The first-order valence-electron chi connectivity index (χ1n) is 9.61. The fraction of sp³-hybridized carbons (Fsp3) is 0.850. The topological polar surface area (TPSA) is 35.5 Å². The van der Waals surface area contributed by atoms with E-state index < -0.39 is 8.32 Å². The fourth-order valence-corrected chi connectivity index (χ4v) is 9.40. The Bertz CT molecular complexity index is 353. The van der Waals surface area contributed by atoms with Gasteiger partial charge in [0.2, 0.25) is 8.32 Å². The summed E-state index contributed by atoms with van der Waals surface area (Å²) in [7, 11) is -0.534. The largest absolute Gasteiger partial charge is 0.469 e. The van der Waals surface area contributed by atoms with Crippen LogP contribution < -0.4 is 0 Å². The van der Waals surface area contributed by atoms with E-state index in [1.165, 1.54) is 20.0 Å². The van der Waals surface area contributed by atoms with Crippen LogP contribution in [0.15, 0.2) is 12.2 Å². The van der Waals surface area contributed by atoms with E-state index in [0.29, 0.717) is 23.0 Å². The summed E-state index contributed by atoms with van der Waals surface area (Å²) in [4.78, 5) is 11.8. The van der Waals surface area contributed by atoms with Crippen LogP contribution in [0.2, 0.25) is 16.6 Å². The zero-order valence-electron chi connectivity index (χ0n) is 17.2. The summed E-state index contributed by atoms with van der Waals surface area (Å²) in [5.74, 6) is -0.180. The van der Waals surface area contributed by atoms with Gasteiger partial charge >= 0.3 is 5.97 Å². The lowest BCUT2D eigenvalue weighted by Crippen LogP contribution is -2.50. The van der Waals surface area contributed by atoms with E-state index in [2.05, 4.69) is 60.6 Å². The second-order valence-corrected chi connectivity index (χ2v) is 13.1. The Morgan fingerprint density at radius 3 is 1.96 bits per heavy atom. The van der Waals surface area contributed by atoms with E-state index in [1.807, 2.05) is 0 Å². The highest BCUT2D eigenvalue weighted by Gasteiger charge is 2.46. The van der Waals surface area contributed by atoms with Crippen molar-refractivity contribution in [3.05, 3.63) is 12.2 Å². The van der Waals surface area contributed by atoms with Gasteiger partial charge in [-0.15, -0.1) is 0 Å². The van der Waals surface area contributed by atoms with Crippen LogP contribution >= 0.6 is 0 Å². The van der Waals surface area contributed by atoms with Gasteiger partial charge in [0.25, 0.3) is 0 Å². The average Bonchev–Trinajstić information content (AvgIpc) is 2.50. The number of allylic oxidation sites excluding steroid dienone is 1. The molecule has 1 unspecified atom stereocenters. The zero-order valence-corrected chi connectivity index (χ0v) is 18.2. The minimum absolute atomic E-state index is 0.0748. The molecule has 0 spiro atoms. The third-order valence-electron chi connectivity index (χ3n) is 4.99. The monoisotopic (exact) mass is 356 g/mol. The van der Waals surface area contributed by atoms with E-state index in [9.17, 15) is 4.79 Å². The first kappa shape index (κ1) is 23.4. The molecule has 1 atom stereocenters. The maximum atomic E-state index is 11.8. The minimum Gasteiger partial charge on any atom is -0.469 e. The predicted octanol–water partition coefficient (Wildman–Crippen LogP) is 6.25. The van der Waals surface area contributed by atoms with E-state index >= 15 is 0 Å². The van der Waals surface area contributed by atoms with Crippen LogP contribution in [0.4, 0.5) is 0 Å². The second kappa shape index (κ2) is 11.9. The van der Waals surface area contributed by atoms with Gasteiger partial charge in [-0.3, -0.25) is 4.79 Å². The summed E-state index contributed by atoms with van der Waals surface area (Å²) in [5, 5.41) is 0. The van der Waals surface area contributed by atoms with Crippen LogP contribution in [-0.4, -0.2) is 27.5 Å². The molecule has 0 heterocycles. The molecule has 4 heteroatoms. The number of hydrogen-bond acceptors (Lipinski definition) is 3. The molecule has 0 saturated carbocycles. The van der Waals surface area contributed by atoms with Gasteiger partial charge in [0.05, 0.1) is 19.6 Å². The smallest absolute Gasteiger partial charge is 0.308 e. The standard InChI is InChI=1S/C20H40O3Si/c1-9-10-11-12-13-14-19(15-20(21)22-8)23-24(16(2)3,17(4)5)18(6)7/h12-13,16-19H,9-11,14-15H2,1-8H3/b13-12-. The second-order valence-electron chi connectivity index (χ2n) is 7.69. The van der Waals surface area contributed by atoms with Crippen molar-refractivity contribution in [2.75, 3.05) is 7.11 Å². The van der Waals surface area contributed by atoms with Crippen LogP contribution in [0.1, 0.15) is 80.6 Å². The quantitative estimate of drug-likeness (QED) is 0.179. The van der Waals surface area contributed by atoms with Gasteiger partial charge in [-0.05, 0) is 29.5 Å². The molecule has 0 aromatic rings. The van der Waals surface area contributed by atoms with Gasteiger partial charge in [0.1, 0.15) is 0 Å². The normalized spacial score (nSPS) is 14.1. The summed E-state index contributed by atoms with van der Waals surface area (Å²) in [6, 6.07) is 0. The van der Waals surface area contributed by atoms with E-state index in [1.54, 1.807) is 0 Å². The van der Waals surface area contributed by atoms with Crippen LogP contribution in [0.3, 0.4) is 0 Å². The van der Waals surface area contributed by atoms with Crippen molar-refractivity contribution in [2.45, 2.75) is 103 Å². The molecule has 3 nitrogen and oxygen atoms in total. The van der Waals surface area contributed by atoms with Crippen molar-refractivity contribution in [2.24, 2.45) is 0 Å². The first-order valence-corrected chi connectivity index (χ1v) is 11.8. The van der Waals surface area contributed by atoms with Gasteiger partial charge in [0, 0.05) is 0 Å². The average molecular weight is 357 g/mol. The molecule has 0 N–H and O–H groups in total. The number of esters is 1. The number of unbranched alkanes of at least 4 members (excludes halogenated alkanes) is 2. The van der Waals surface area contributed by atoms with E-state index in [4.69, 9.17) is 9.16 Å². The highest BCUT2D eigenvalue weighted by molar-refractivity contribution is 6.77. The molecular formula is C20H40O3Si. The van der Waals surface area contributed by atoms with Gasteiger partial charge < -0.3 is 9.16 Å². The molecule has 24 heavy (non-hydrogen) atoms. The molecular weight excluding hydrogens is 316 g/mol. The van der Waals surface area contributed by atoms with Crippen LogP contribution in [0.25, 0.3) is 0 Å². The Hall–Kier alpha value is -0.613. The fourth-order valence-electron chi connectivity index (χ4n) is 3.83. The van der Waals surface area contributed by atoms with Crippen molar-refractivity contribution in [1.82, 2.24) is 0 Å². The maximum Gasteiger partial charge on any atom is 0.308 e. The molecule has 0 amide bonds. The Labute approximate surface area is 151 Å². The lowest BCUT2D eigenvalue weighted by molar-refractivity contribution is -0.142. The highest BCUT2D eigenvalue weighted by atomic mass is 28.4. The van der Waals surface area contributed by atoms with Crippen molar-refractivity contribution in [3.8, 4) is 0 Å². The van der Waals surface area contributed by atoms with Crippen LogP contribution in [-0.2, 0) is 14.0 Å². The third kappa shape index (κ3) is 7.10. The Kier molecular flexibility index (Phi) is 11.6. The Morgan fingerprint density at radius 1 is 1.00 bits per heavy atom. The number of methoxy groups -OCH3 is 1. The molecule has 0 aliphatic rings. The molecule has 0 aliphatic heterocycles. The first-order chi connectivity index (χ1) is 11.2. The molecule has 0 aromatic carbocycles. The molecule has 0 aromatic heterocycles. The van der Waals surface area contributed by atoms with Crippen LogP contribution in [0, 0.1) is 0 Å². The van der Waals surface area contributed by atoms with E-state index in [-0.39, 0.29) is 12.1 Å². The molecule has 0 saturated heterocycles. The molecule has 0 radical (unpaired) electrons. The summed E-state index contributed by atoms with van der Waals surface area (Å²) in [5.41, 5.74) is 1.55. The van der Waals surface area contributed by atoms with Crippen molar-refractivity contribution < 1.29 is 14.0 Å². The Balaban J connectivity index is 5.22. The molecule has 0 aliphatic carbocycles. The van der Waals surface area contributed by atoms with Crippen molar-refractivity contribution in [3.63, 3.8) is 0 Å². The third-order valence-corrected chi connectivity index (χ3v) is 11.1. The zero-order chi connectivity index (χ0) is 18.8. The SMILES string of the molecule is CCCC/C=C\CC(CC(=O)OC)O[Si](C(C)C)(C(C)C)C(C)C. The number of carbonyl (C=O) groups excluding carboxylic acids is 1. The van der Waals surface area contributed by atoms with Gasteiger partial charge in [-0.2, -0.15) is 0 Å². The Morgan fingerprint density at radius 2 is 1.54 bits per heavy atom. The predicted molar refractivity (Wildman–Crippen MR) is 106 cm³/mol. The molecule has 142 valence electrons. The lowest BCUT2D eigenvalue weighted by atomic mass is 10.1.